The van der Waals surface area contributed by atoms with Crippen LogP contribution >= 0.6 is 0 Å². The molecule has 17 heavy (non-hydrogen) atoms. The van der Waals surface area contributed by atoms with Crippen LogP contribution in [0.4, 0.5) is 0 Å². The first kappa shape index (κ1) is 12.4. The van der Waals surface area contributed by atoms with E-state index >= 15 is 0 Å². The first-order valence-electron chi connectivity index (χ1n) is 6.44. The van der Waals surface area contributed by atoms with Crippen LogP contribution in [0.1, 0.15) is 33.6 Å². The Hall–Kier alpha value is -1.05. The minimum atomic E-state index is -0.208. The number of rotatable bonds is 2. The maximum absolute atomic E-state index is 11.8. The molecule has 0 amide bonds. The molecule has 1 saturated heterocycles. The summed E-state index contributed by atoms with van der Waals surface area (Å²) < 4.78 is 5.56. The largest absolute Gasteiger partial charge is 0.458 e. The number of allylic oxidation sites excluding steroid dienone is 1. The first-order chi connectivity index (χ1) is 7.90. The Morgan fingerprint density at radius 3 is 2.71 bits per heavy atom. The summed E-state index contributed by atoms with van der Waals surface area (Å²) in [6.07, 6.45) is 4.15. The molecule has 0 aromatic carbocycles. The molecule has 2 heteroatoms. The predicted octanol–water partition coefficient (Wildman–Crippen LogP) is 3.34. The van der Waals surface area contributed by atoms with E-state index in [0.29, 0.717) is 17.4 Å². The lowest BCUT2D eigenvalue weighted by Crippen LogP contribution is -2.44. The van der Waals surface area contributed by atoms with E-state index in [1.54, 1.807) is 0 Å². The fourth-order valence-electron chi connectivity index (χ4n) is 3.44. The molecule has 1 heterocycles. The standard InChI is InChI=1S/C15H22O2/c1-6-15(5)8-7-11(9(2)3)13-12(15)10(4)14(16)17-13/h6,9,11-13H,1,4,7-8H2,2-3,5H3/t11-,12+,13+,15+/m0/s1. The van der Waals surface area contributed by atoms with Gasteiger partial charge in [0.05, 0.1) is 0 Å². The van der Waals surface area contributed by atoms with Crippen molar-refractivity contribution in [3.8, 4) is 0 Å². The second-order valence-corrected chi connectivity index (χ2v) is 6.03. The van der Waals surface area contributed by atoms with Crippen LogP contribution in [0.15, 0.2) is 24.8 Å². The maximum Gasteiger partial charge on any atom is 0.334 e. The van der Waals surface area contributed by atoms with Crippen molar-refractivity contribution in [1.29, 1.82) is 0 Å². The van der Waals surface area contributed by atoms with E-state index < -0.39 is 0 Å². The lowest BCUT2D eigenvalue weighted by molar-refractivity contribution is -0.144. The van der Waals surface area contributed by atoms with Crippen molar-refractivity contribution < 1.29 is 9.53 Å². The summed E-state index contributed by atoms with van der Waals surface area (Å²) in [6.45, 7) is 14.4. The van der Waals surface area contributed by atoms with Crippen LogP contribution in [0.5, 0.6) is 0 Å². The normalized spacial score (nSPS) is 41.3. The summed E-state index contributed by atoms with van der Waals surface area (Å²) in [4.78, 5) is 11.8. The number of hydrogen-bond acceptors (Lipinski definition) is 2. The summed E-state index contributed by atoms with van der Waals surface area (Å²) in [5.74, 6) is 0.904. The smallest absolute Gasteiger partial charge is 0.334 e. The quantitative estimate of drug-likeness (QED) is 0.416. The molecular formula is C15H22O2. The second-order valence-electron chi connectivity index (χ2n) is 6.03. The molecule has 0 unspecified atom stereocenters. The van der Waals surface area contributed by atoms with E-state index in [2.05, 4.69) is 33.9 Å². The van der Waals surface area contributed by atoms with E-state index in [1.165, 1.54) is 0 Å². The third kappa shape index (κ3) is 1.74. The highest BCUT2D eigenvalue weighted by atomic mass is 16.6. The van der Waals surface area contributed by atoms with Gasteiger partial charge in [-0.25, -0.2) is 4.79 Å². The topological polar surface area (TPSA) is 26.3 Å². The Morgan fingerprint density at radius 2 is 2.18 bits per heavy atom. The van der Waals surface area contributed by atoms with Crippen LogP contribution in [-0.4, -0.2) is 12.1 Å². The predicted molar refractivity (Wildman–Crippen MR) is 68.4 cm³/mol. The molecule has 0 radical (unpaired) electrons. The highest BCUT2D eigenvalue weighted by Crippen LogP contribution is 2.53. The van der Waals surface area contributed by atoms with Crippen LogP contribution in [0.25, 0.3) is 0 Å². The molecule has 1 aliphatic carbocycles. The van der Waals surface area contributed by atoms with Crippen molar-refractivity contribution >= 4 is 5.97 Å². The second kappa shape index (κ2) is 4.01. The van der Waals surface area contributed by atoms with Crippen molar-refractivity contribution in [3.05, 3.63) is 24.8 Å². The lowest BCUT2D eigenvalue weighted by Gasteiger charge is -2.44. The van der Waals surface area contributed by atoms with Gasteiger partial charge in [0.1, 0.15) is 6.10 Å². The van der Waals surface area contributed by atoms with Gasteiger partial charge in [0.25, 0.3) is 0 Å². The van der Waals surface area contributed by atoms with E-state index in [9.17, 15) is 4.79 Å². The average Bonchev–Trinajstić information content (AvgIpc) is 2.56. The van der Waals surface area contributed by atoms with Gasteiger partial charge in [-0.15, -0.1) is 6.58 Å². The summed E-state index contributed by atoms with van der Waals surface area (Å²) in [7, 11) is 0. The van der Waals surface area contributed by atoms with Crippen LogP contribution in [-0.2, 0) is 9.53 Å². The molecule has 1 saturated carbocycles. The number of esters is 1. The maximum atomic E-state index is 11.8. The van der Waals surface area contributed by atoms with Gasteiger partial charge in [0, 0.05) is 11.5 Å². The minimum Gasteiger partial charge on any atom is -0.458 e. The summed E-state index contributed by atoms with van der Waals surface area (Å²) in [5.41, 5.74) is 0.599. The first-order valence-corrected chi connectivity index (χ1v) is 6.44. The lowest BCUT2D eigenvalue weighted by atomic mass is 9.60. The zero-order valence-electron chi connectivity index (χ0n) is 11.0. The average molecular weight is 234 g/mol. The molecule has 94 valence electrons. The van der Waals surface area contributed by atoms with Crippen LogP contribution in [0.2, 0.25) is 0 Å². The van der Waals surface area contributed by atoms with Gasteiger partial charge in [-0.05, 0) is 30.1 Å². The Bertz CT molecular complexity index is 369. The molecule has 1 aliphatic heterocycles. The molecule has 0 aromatic rings. The van der Waals surface area contributed by atoms with Crippen molar-refractivity contribution in [2.75, 3.05) is 0 Å². The molecular weight excluding hydrogens is 212 g/mol. The van der Waals surface area contributed by atoms with Crippen molar-refractivity contribution in [1.82, 2.24) is 0 Å². The fourth-order valence-corrected chi connectivity index (χ4v) is 3.44. The molecule has 0 bridgehead atoms. The summed E-state index contributed by atoms with van der Waals surface area (Å²) in [5, 5.41) is 0. The van der Waals surface area contributed by atoms with Gasteiger partial charge in [0.2, 0.25) is 0 Å². The van der Waals surface area contributed by atoms with Crippen LogP contribution in [0.3, 0.4) is 0 Å². The van der Waals surface area contributed by atoms with E-state index in [0.717, 1.165) is 12.8 Å². The third-order valence-corrected chi connectivity index (χ3v) is 4.68. The number of fused-ring (bicyclic) bond motifs is 1. The van der Waals surface area contributed by atoms with Crippen molar-refractivity contribution in [2.45, 2.75) is 39.7 Å². The molecule has 2 aliphatic rings. The van der Waals surface area contributed by atoms with E-state index in [1.807, 2.05) is 6.08 Å². The van der Waals surface area contributed by atoms with Gasteiger partial charge >= 0.3 is 5.97 Å². The van der Waals surface area contributed by atoms with Gasteiger partial charge in [-0.1, -0.05) is 33.4 Å². The Morgan fingerprint density at radius 1 is 1.53 bits per heavy atom. The zero-order chi connectivity index (χ0) is 12.8. The molecule has 2 rings (SSSR count). The fraction of sp³-hybridized carbons (Fsp3) is 0.667. The monoisotopic (exact) mass is 234 g/mol. The van der Waals surface area contributed by atoms with Crippen LogP contribution < -0.4 is 0 Å². The highest BCUT2D eigenvalue weighted by molar-refractivity contribution is 5.91. The number of carbonyl (C=O) groups is 1. The van der Waals surface area contributed by atoms with Gasteiger partial charge in [-0.2, -0.15) is 0 Å². The van der Waals surface area contributed by atoms with Crippen LogP contribution in [0, 0.1) is 23.2 Å². The summed E-state index contributed by atoms with van der Waals surface area (Å²) in [6, 6.07) is 0. The SMILES string of the molecule is C=C[C@]1(C)CC[C@@H](C(C)C)[C@H]2OC(=O)C(=C)[C@H]21. The Balaban J connectivity index is 2.38. The molecule has 4 atom stereocenters. The third-order valence-electron chi connectivity index (χ3n) is 4.68. The number of hydrogen-bond donors (Lipinski definition) is 0. The highest BCUT2D eigenvalue weighted by Gasteiger charge is 2.54. The van der Waals surface area contributed by atoms with Crippen molar-refractivity contribution in [2.24, 2.45) is 23.2 Å². The molecule has 2 nitrogen and oxygen atoms in total. The number of carbonyl (C=O) groups excluding carboxylic acids is 1. The van der Waals surface area contributed by atoms with E-state index in [4.69, 9.17) is 4.74 Å². The van der Waals surface area contributed by atoms with Gasteiger partial charge in [-0.3, -0.25) is 0 Å². The van der Waals surface area contributed by atoms with E-state index in [-0.39, 0.29) is 23.4 Å². The van der Waals surface area contributed by atoms with Gasteiger partial charge < -0.3 is 4.74 Å². The molecule has 2 fully saturated rings. The summed E-state index contributed by atoms with van der Waals surface area (Å²) >= 11 is 0. The van der Waals surface area contributed by atoms with Crippen molar-refractivity contribution in [3.63, 3.8) is 0 Å². The number of ether oxygens (including phenoxy) is 1. The minimum absolute atomic E-state index is 0.00625. The Kier molecular flexibility index (Phi) is 2.92. The molecule has 0 N–H and O–H groups in total. The molecule has 0 aromatic heterocycles. The Labute approximate surface area is 104 Å². The zero-order valence-corrected chi connectivity index (χ0v) is 11.0. The molecule has 0 spiro atoms. The van der Waals surface area contributed by atoms with Gasteiger partial charge in [0.15, 0.2) is 0 Å².